The van der Waals surface area contributed by atoms with E-state index in [0.29, 0.717) is 0 Å². The van der Waals surface area contributed by atoms with Crippen LogP contribution < -0.4 is 10.6 Å². The first kappa shape index (κ1) is 19.3. The molecule has 1 saturated carbocycles. The Labute approximate surface area is 151 Å². The van der Waals surface area contributed by atoms with Gasteiger partial charge in [0.15, 0.2) is 5.96 Å². The van der Waals surface area contributed by atoms with Crippen LogP contribution in [0.2, 0.25) is 0 Å². The largest absolute Gasteiger partial charge is 0.355 e. The average Bonchev–Trinajstić information content (AvgIpc) is 3.18. The van der Waals surface area contributed by atoms with Crippen LogP contribution in [0.5, 0.6) is 0 Å². The van der Waals surface area contributed by atoms with Gasteiger partial charge in [-0.3, -0.25) is 4.99 Å². The molecule has 0 radical (unpaired) electrons. The molecule has 1 aliphatic rings. The molecular weight excluding hydrogens is 389 g/mol. The van der Waals surface area contributed by atoms with Gasteiger partial charge in [0.1, 0.15) is 0 Å². The van der Waals surface area contributed by atoms with Crippen LogP contribution in [-0.2, 0) is 6.54 Å². The topological polar surface area (TPSA) is 44.6 Å². The lowest BCUT2D eigenvalue weighted by molar-refractivity contribution is 0.249. The van der Waals surface area contributed by atoms with E-state index < -0.39 is 0 Å². The Morgan fingerprint density at radius 3 is 2.45 bits per heavy atom. The Morgan fingerprint density at radius 1 is 1.18 bits per heavy atom. The van der Waals surface area contributed by atoms with Crippen LogP contribution in [0, 0.1) is 0 Å². The summed E-state index contributed by atoms with van der Waals surface area (Å²) in [6.45, 7) is 3.85. The zero-order chi connectivity index (χ0) is 14.9. The van der Waals surface area contributed by atoms with Crippen molar-refractivity contribution in [3.05, 3.63) is 24.5 Å². The molecule has 0 unspecified atom stereocenters. The number of nitrogens with one attached hydrogen (secondary N) is 2. The van der Waals surface area contributed by atoms with E-state index in [0.717, 1.165) is 38.2 Å². The van der Waals surface area contributed by atoms with Gasteiger partial charge in [0.2, 0.25) is 0 Å². The fourth-order valence-corrected chi connectivity index (χ4v) is 2.92. The van der Waals surface area contributed by atoms with E-state index in [1.165, 1.54) is 25.7 Å². The second-order valence-electron chi connectivity index (χ2n) is 5.77. The minimum Gasteiger partial charge on any atom is -0.355 e. The summed E-state index contributed by atoms with van der Waals surface area (Å²) in [5.74, 6) is 0.891. The number of rotatable bonds is 7. The highest BCUT2D eigenvalue weighted by molar-refractivity contribution is 14.0. The third-order valence-corrected chi connectivity index (χ3v) is 4.26. The Bertz CT molecular complexity index is 412. The third-order valence-electron chi connectivity index (χ3n) is 4.26. The molecule has 1 aromatic heterocycles. The summed E-state index contributed by atoms with van der Waals surface area (Å²) in [5.41, 5.74) is 0. The third kappa shape index (κ3) is 6.56. The lowest BCUT2D eigenvalue weighted by Crippen LogP contribution is -2.43. The fourth-order valence-electron chi connectivity index (χ4n) is 2.92. The van der Waals surface area contributed by atoms with Gasteiger partial charge in [-0.1, -0.05) is 12.8 Å². The molecule has 1 fully saturated rings. The predicted molar refractivity (Wildman–Crippen MR) is 104 cm³/mol. The quantitative estimate of drug-likeness (QED) is 0.405. The highest BCUT2D eigenvalue weighted by Crippen LogP contribution is 2.21. The molecule has 0 aromatic carbocycles. The van der Waals surface area contributed by atoms with Crippen molar-refractivity contribution in [3.8, 4) is 0 Å². The van der Waals surface area contributed by atoms with Gasteiger partial charge in [-0.2, -0.15) is 0 Å². The molecule has 0 spiro atoms. The normalized spacial score (nSPS) is 15.9. The van der Waals surface area contributed by atoms with Gasteiger partial charge in [-0.25, -0.2) is 0 Å². The molecule has 1 aromatic rings. The maximum absolute atomic E-state index is 4.27. The van der Waals surface area contributed by atoms with Crippen molar-refractivity contribution >= 4 is 29.9 Å². The number of hydrogen-bond donors (Lipinski definition) is 2. The molecule has 126 valence electrons. The number of likely N-dealkylation sites (N-methyl/N-ethyl adjacent to an activating group) is 1. The Kier molecular flexibility index (Phi) is 9.54. The molecule has 22 heavy (non-hydrogen) atoms. The van der Waals surface area contributed by atoms with Crippen LogP contribution in [0.1, 0.15) is 25.7 Å². The molecule has 1 aliphatic carbocycles. The highest BCUT2D eigenvalue weighted by Gasteiger charge is 2.18. The Hall–Kier alpha value is -0.760. The van der Waals surface area contributed by atoms with E-state index >= 15 is 0 Å². The van der Waals surface area contributed by atoms with Crippen molar-refractivity contribution in [2.45, 2.75) is 38.3 Å². The van der Waals surface area contributed by atoms with Crippen molar-refractivity contribution in [3.63, 3.8) is 0 Å². The fraction of sp³-hybridized carbons (Fsp3) is 0.688. The molecule has 2 rings (SSSR count). The van der Waals surface area contributed by atoms with Crippen LogP contribution in [0.15, 0.2) is 29.5 Å². The van der Waals surface area contributed by atoms with Crippen molar-refractivity contribution in [2.75, 3.05) is 33.7 Å². The SMILES string of the molecule is CN=C(NCCN(C)C1CCCC1)NCCn1cccc1.I. The van der Waals surface area contributed by atoms with Gasteiger partial charge in [0.05, 0.1) is 0 Å². The molecule has 1 heterocycles. The van der Waals surface area contributed by atoms with E-state index in [1.807, 2.05) is 19.2 Å². The molecule has 0 bridgehead atoms. The van der Waals surface area contributed by atoms with Gasteiger partial charge in [0.25, 0.3) is 0 Å². The van der Waals surface area contributed by atoms with Crippen LogP contribution in [0.3, 0.4) is 0 Å². The minimum atomic E-state index is 0. The van der Waals surface area contributed by atoms with Gasteiger partial charge >= 0.3 is 0 Å². The molecule has 0 aliphatic heterocycles. The first-order chi connectivity index (χ1) is 10.3. The maximum Gasteiger partial charge on any atom is 0.191 e. The zero-order valence-corrected chi connectivity index (χ0v) is 16.1. The number of halogens is 1. The molecule has 5 nitrogen and oxygen atoms in total. The second-order valence-corrected chi connectivity index (χ2v) is 5.77. The number of aliphatic imine (C=N–C) groups is 1. The van der Waals surface area contributed by atoms with E-state index in [-0.39, 0.29) is 24.0 Å². The highest BCUT2D eigenvalue weighted by atomic mass is 127. The second kappa shape index (κ2) is 10.9. The number of aromatic nitrogens is 1. The van der Waals surface area contributed by atoms with Gasteiger partial charge in [0, 0.05) is 51.7 Å². The number of guanidine groups is 1. The van der Waals surface area contributed by atoms with E-state index in [4.69, 9.17) is 0 Å². The predicted octanol–water partition coefficient (Wildman–Crippen LogP) is 2.15. The Balaban J connectivity index is 0.00000242. The van der Waals surface area contributed by atoms with Crippen LogP contribution in [0.4, 0.5) is 0 Å². The van der Waals surface area contributed by atoms with Crippen molar-refractivity contribution in [1.29, 1.82) is 0 Å². The van der Waals surface area contributed by atoms with Gasteiger partial charge in [-0.15, -0.1) is 24.0 Å². The lowest BCUT2D eigenvalue weighted by Gasteiger charge is -2.24. The summed E-state index contributed by atoms with van der Waals surface area (Å²) in [5, 5.41) is 6.74. The van der Waals surface area contributed by atoms with Crippen LogP contribution in [0.25, 0.3) is 0 Å². The summed E-state index contributed by atoms with van der Waals surface area (Å²) >= 11 is 0. The molecule has 2 N–H and O–H groups in total. The zero-order valence-electron chi connectivity index (χ0n) is 13.8. The molecular formula is C16H30IN5. The van der Waals surface area contributed by atoms with Crippen LogP contribution in [-0.4, -0.2) is 55.2 Å². The number of hydrogen-bond acceptors (Lipinski definition) is 2. The molecule has 6 heteroatoms. The first-order valence-electron chi connectivity index (χ1n) is 8.05. The van der Waals surface area contributed by atoms with Gasteiger partial charge < -0.3 is 20.1 Å². The summed E-state index contributed by atoms with van der Waals surface area (Å²) < 4.78 is 2.16. The number of nitrogens with zero attached hydrogens (tertiary/aromatic N) is 3. The van der Waals surface area contributed by atoms with E-state index in [2.05, 4.69) is 44.5 Å². The van der Waals surface area contributed by atoms with Gasteiger partial charge in [-0.05, 0) is 32.0 Å². The van der Waals surface area contributed by atoms with Crippen molar-refractivity contribution in [2.24, 2.45) is 4.99 Å². The van der Waals surface area contributed by atoms with Crippen molar-refractivity contribution in [1.82, 2.24) is 20.1 Å². The summed E-state index contributed by atoms with van der Waals surface area (Å²) in [6, 6.07) is 4.88. The van der Waals surface area contributed by atoms with Crippen molar-refractivity contribution < 1.29 is 0 Å². The maximum atomic E-state index is 4.27. The molecule has 0 atom stereocenters. The van der Waals surface area contributed by atoms with E-state index in [9.17, 15) is 0 Å². The van der Waals surface area contributed by atoms with Crippen LogP contribution >= 0.6 is 24.0 Å². The summed E-state index contributed by atoms with van der Waals surface area (Å²) in [6.07, 6.45) is 9.67. The smallest absolute Gasteiger partial charge is 0.191 e. The average molecular weight is 419 g/mol. The molecule has 0 amide bonds. The lowest BCUT2D eigenvalue weighted by atomic mass is 10.2. The summed E-state index contributed by atoms with van der Waals surface area (Å²) in [7, 11) is 4.06. The standard InChI is InChI=1S/C16H29N5.HI/c1-17-16(19-10-14-21-11-5-6-12-21)18-9-13-20(2)15-7-3-4-8-15;/h5-6,11-12,15H,3-4,7-10,13-14H2,1-2H3,(H2,17,18,19);1H. The first-order valence-corrected chi connectivity index (χ1v) is 8.05. The van der Waals surface area contributed by atoms with E-state index in [1.54, 1.807) is 0 Å². The monoisotopic (exact) mass is 419 g/mol. The summed E-state index contributed by atoms with van der Waals surface area (Å²) in [4.78, 5) is 6.75. The minimum absolute atomic E-state index is 0. The Morgan fingerprint density at radius 2 is 1.82 bits per heavy atom. The molecule has 0 saturated heterocycles.